The summed E-state index contributed by atoms with van der Waals surface area (Å²) < 4.78 is 25.4. The Hall–Kier alpha value is -2.41. The first-order valence-electron chi connectivity index (χ1n) is 17.9. The molecule has 2 heterocycles. The summed E-state index contributed by atoms with van der Waals surface area (Å²) >= 11 is 0. The number of sulfone groups is 1. The molecule has 4 aliphatic rings. The molecule has 47 heavy (non-hydrogen) atoms. The minimum Gasteiger partial charge on any atom is -0.381 e. The number of hydrogen-bond acceptors (Lipinski definition) is 7. The number of amides is 5. The molecule has 0 aromatic carbocycles. The number of hydrogen-bond donors (Lipinski definition) is 5. The van der Waals surface area contributed by atoms with Gasteiger partial charge in [-0.1, -0.05) is 73.6 Å². The van der Waals surface area contributed by atoms with Crippen molar-refractivity contribution in [2.24, 2.45) is 17.3 Å². The summed E-state index contributed by atoms with van der Waals surface area (Å²) in [4.78, 5) is 56.5. The maximum atomic E-state index is 14.4. The molecule has 1 unspecified atom stereocenters. The van der Waals surface area contributed by atoms with Gasteiger partial charge >= 0.3 is 6.03 Å². The Labute approximate surface area is 281 Å². The maximum Gasteiger partial charge on any atom is 0.315 e. The first kappa shape index (κ1) is 37.4. The minimum absolute atomic E-state index is 0.0677. The van der Waals surface area contributed by atoms with E-state index in [9.17, 15) is 32.7 Å². The Morgan fingerprint density at radius 3 is 2.15 bits per heavy atom. The summed E-state index contributed by atoms with van der Waals surface area (Å²) in [5.74, 6) is -1.26. The Bertz CT molecular complexity index is 1260. The van der Waals surface area contributed by atoms with Crippen molar-refractivity contribution in [2.45, 2.75) is 160 Å². The minimum atomic E-state index is -3.28. The molecule has 0 bridgehead atoms. The second-order valence-corrected chi connectivity index (χ2v) is 18.2. The number of aliphatic hydroxyl groups excluding tert-OH is 1. The highest BCUT2D eigenvalue weighted by Crippen LogP contribution is 2.41. The summed E-state index contributed by atoms with van der Waals surface area (Å²) in [7, 11) is -3.28. The number of aliphatic hydroxyl groups is 1. The molecule has 5 N–H and O–H groups in total. The van der Waals surface area contributed by atoms with Crippen LogP contribution in [0.25, 0.3) is 0 Å². The van der Waals surface area contributed by atoms with Gasteiger partial charge < -0.3 is 31.3 Å². The normalized spacial score (nSPS) is 27.2. The zero-order chi connectivity index (χ0) is 34.7. The van der Waals surface area contributed by atoms with Gasteiger partial charge in [0.15, 0.2) is 15.9 Å². The molecule has 2 saturated carbocycles. The third-order valence-corrected chi connectivity index (χ3v) is 13.2. The van der Waals surface area contributed by atoms with E-state index in [0.29, 0.717) is 45.1 Å². The monoisotopic (exact) mass is 681 g/mol. The fourth-order valence-electron chi connectivity index (χ4n) is 7.76. The molecule has 6 atom stereocenters. The summed E-state index contributed by atoms with van der Waals surface area (Å²) in [5.41, 5.74) is -1.59. The highest BCUT2D eigenvalue weighted by molar-refractivity contribution is 7.93. The molecule has 5 amide bonds. The second-order valence-electron chi connectivity index (χ2n) is 15.9. The van der Waals surface area contributed by atoms with Gasteiger partial charge in [0.25, 0.3) is 5.91 Å². The Morgan fingerprint density at radius 1 is 0.979 bits per heavy atom. The Balaban J connectivity index is 1.53. The molecule has 0 aromatic heterocycles. The zero-order valence-corrected chi connectivity index (χ0v) is 30.1. The highest BCUT2D eigenvalue weighted by atomic mass is 32.2. The fraction of sp³-hybridized carbons (Fsp3) is 0.882. The van der Waals surface area contributed by atoms with Crippen LogP contribution in [0, 0.1) is 17.3 Å². The van der Waals surface area contributed by atoms with Gasteiger partial charge in [-0.3, -0.25) is 14.4 Å². The number of urea groups is 1. The molecule has 2 aliphatic carbocycles. The molecule has 0 aromatic rings. The van der Waals surface area contributed by atoms with Gasteiger partial charge in [-0.2, -0.15) is 0 Å². The van der Waals surface area contributed by atoms with Crippen LogP contribution in [0.1, 0.15) is 119 Å². The number of nitrogens with one attached hydrogen (secondary N) is 4. The largest absolute Gasteiger partial charge is 0.381 e. The van der Waals surface area contributed by atoms with E-state index in [1.807, 2.05) is 41.5 Å². The van der Waals surface area contributed by atoms with E-state index in [2.05, 4.69) is 21.3 Å². The molecule has 2 aliphatic heterocycles. The average molecular weight is 682 g/mol. The summed E-state index contributed by atoms with van der Waals surface area (Å²) in [6.45, 7) is 11.9. The summed E-state index contributed by atoms with van der Waals surface area (Å²) in [6, 6.07) is -3.15. The Morgan fingerprint density at radius 2 is 1.64 bits per heavy atom. The van der Waals surface area contributed by atoms with Crippen molar-refractivity contribution in [1.82, 2.24) is 26.2 Å². The molecular weight excluding hydrogens is 622 g/mol. The van der Waals surface area contributed by atoms with Gasteiger partial charge in [-0.25, -0.2) is 13.2 Å². The molecule has 4 fully saturated rings. The SMILES string of the molecule is CCCC[C@H](NC(=O)[C@@H]1[C@@H](C(C)C)CCN1C(=O)[C@@H](NC(=O)NC1([C@@H]2CCS2(=O)=O)CCCCC1)C(C)(C)C)C(O)C(=O)NC1CC1. The predicted molar refractivity (Wildman–Crippen MR) is 180 cm³/mol. The first-order valence-corrected chi connectivity index (χ1v) is 19.6. The van der Waals surface area contributed by atoms with Crippen LogP contribution in [0.4, 0.5) is 4.79 Å². The lowest BCUT2D eigenvalue weighted by molar-refractivity contribution is -0.144. The van der Waals surface area contributed by atoms with E-state index in [1.54, 1.807) is 4.90 Å². The van der Waals surface area contributed by atoms with Crippen LogP contribution in [0.3, 0.4) is 0 Å². The fourth-order valence-corrected chi connectivity index (χ4v) is 9.60. The lowest BCUT2D eigenvalue weighted by Crippen LogP contribution is -2.67. The summed E-state index contributed by atoms with van der Waals surface area (Å²) in [6.07, 6.45) is 7.18. The lowest BCUT2D eigenvalue weighted by atomic mass is 9.78. The van der Waals surface area contributed by atoms with Crippen LogP contribution < -0.4 is 21.3 Å². The highest BCUT2D eigenvalue weighted by Gasteiger charge is 2.53. The third kappa shape index (κ3) is 8.80. The van der Waals surface area contributed by atoms with E-state index in [1.165, 1.54) is 0 Å². The van der Waals surface area contributed by atoms with Gasteiger partial charge in [-0.15, -0.1) is 0 Å². The molecule has 13 heteroatoms. The van der Waals surface area contributed by atoms with E-state index in [-0.39, 0.29) is 29.5 Å². The number of carbonyl (C=O) groups excluding carboxylic acids is 4. The van der Waals surface area contributed by atoms with Crippen molar-refractivity contribution in [2.75, 3.05) is 12.3 Å². The number of carbonyl (C=O) groups is 4. The predicted octanol–water partition coefficient (Wildman–Crippen LogP) is 2.78. The third-order valence-electron chi connectivity index (χ3n) is 10.8. The van der Waals surface area contributed by atoms with Crippen molar-refractivity contribution >= 4 is 33.6 Å². The molecule has 12 nitrogen and oxygen atoms in total. The quantitative estimate of drug-likeness (QED) is 0.199. The second kappa shape index (κ2) is 15.0. The van der Waals surface area contributed by atoms with Gasteiger partial charge in [0.2, 0.25) is 11.8 Å². The van der Waals surface area contributed by atoms with Crippen molar-refractivity contribution < 1.29 is 32.7 Å². The van der Waals surface area contributed by atoms with Crippen molar-refractivity contribution in [3.63, 3.8) is 0 Å². The van der Waals surface area contributed by atoms with Gasteiger partial charge in [0, 0.05) is 12.6 Å². The van der Waals surface area contributed by atoms with Crippen molar-refractivity contribution in [1.29, 1.82) is 0 Å². The molecule has 2 saturated heterocycles. The average Bonchev–Trinajstić information content (AvgIpc) is 3.68. The molecule has 0 spiro atoms. The first-order chi connectivity index (χ1) is 22.0. The van der Waals surface area contributed by atoms with Crippen LogP contribution in [0.15, 0.2) is 0 Å². The Kier molecular flexibility index (Phi) is 11.9. The topological polar surface area (TPSA) is 174 Å². The zero-order valence-electron chi connectivity index (χ0n) is 29.3. The van der Waals surface area contributed by atoms with E-state index >= 15 is 0 Å². The van der Waals surface area contributed by atoms with Crippen molar-refractivity contribution in [3.05, 3.63) is 0 Å². The van der Waals surface area contributed by atoms with E-state index in [4.69, 9.17) is 0 Å². The number of unbranched alkanes of at least 4 members (excludes halogenated alkanes) is 1. The van der Waals surface area contributed by atoms with Gasteiger partial charge in [0.05, 0.1) is 22.6 Å². The van der Waals surface area contributed by atoms with E-state index in [0.717, 1.165) is 38.5 Å². The van der Waals surface area contributed by atoms with Gasteiger partial charge in [-0.05, 0) is 62.2 Å². The van der Waals surface area contributed by atoms with Crippen LogP contribution in [0.2, 0.25) is 0 Å². The molecule has 4 rings (SSSR count). The number of likely N-dealkylation sites (tertiary alicyclic amines) is 1. The smallest absolute Gasteiger partial charge is 0.315 e. The van der Waals surface area contributed by atoms with Crippen LogP contribution in [-0.2, 0) is 24.2 Å². The van der Waals surface area contributed by atoms with Crippen LogP contribution in [0.5, 0.6) is 0 Å². The van der Waals surface area contributed by atoms with Crippen molar-refractivity contribution in [3.8, 4) is 0 Å². The standard InChI is InChI=1S/C34H59N5O7S/c1-7-8-12-24(27(40)30(42)35-22-13-14-22)36-29(41)26-23(21(2)3)15-19-39(26)31(43)28(33(4,5)6)37-32(44)38-34(17-10-9-11-18-34)25-16-20-47(25,45)46/h21-28,40H,7-20H2,1-6H3,(H,35,42)(H,36,41)(H2,37,38,44)/t23-,24+,25+,26+,27?,28-/m1/s1. The number of nitrogens with zero attached hydrogens (tertiary/aromatic N) is 1. The maximum absolute atomic E-state index is 14.4. The van der Waals surface area contributed by atoms with E-state index < -0.39 is 68.1 Å². The van der Waals surface area contributed by atoms with Crippen LogP contribution in [-0.4, -0.2) is 95.5 Å². The number of rotatable bonds is 13. The molecule has 268 valence electrons. The van der Waals surface area contributed by atoms with Crippen LogP contribution >= 0.6 is 0 Å². The van der Waals surface area contributed by atoms with Gasteiger partial charge in [0.1, 0.15) is 12.1 Å². The molecule has 0 radical (unpaired) electrons. The lowest BCUT2D eigenvalue weighted by Gasteiger charge is -2.47. The summed E-state index contributed by atoms with van der Waals surface area (Å²) in [5, 5.41) is 22.1. The molecular formula is C34H59N5O7S.